The number of hydrogen-bond acceptors (Lipinski definition) is 8. The predicted molar refractivity (Wildman–Crippen MR) is 73.9 cm³/mol. The second kappa shape index (κ2) is 11.7. The molecule has 0 aliphatic carbocycles. The van der Waals surface area contributed by atoms with Crippen molar-refractivity contribution < 1.29 is 47.8 Å². The molecule has 0 radical (unpaired) electrons. The lowest BCUT2D eigenvalue weighted by Gasteiger charge is -2.03. The lowest BCUT2D eigenvalue weighted by Crippen LogP contribution is -2.24. The van der Waals surface area contributed by atoms with E-state index < -0.39 is 39.7 Å². The van der Waals surface area contributed by atoms with Gasteiger partial charge in [-0.3, -0.25) is 29.4 Å². The van der Waals surface area contributed by atoms with E-state index in [9.17, 15) is 18.7 Å². The largest absolute Gasteiger partial charge is 0.468 e. The molecular weight excluding hydrogens is 346 g/mol. The number of rotatable bonds is 8. The molecule has 14 heteroatoms. The van der Waals surface area contributed by atoms with Crippen LogP contribution in [0.4, 0.5) is 0 Å². The maximum absolute atomic E-state index is 10.4. The summed E-state index contributed by atoms with van der Waals surface area (Å²) in [6.07, 6.45) is -1.02. The van der Waals surface area contributed by atoms with Gasteiger partial charge in [0.2, 0.25) is 0 Å². The van der Waals surface area contributed by atoms with Crippen molar-refractivity contribution in [1.29, 1.82) is 0 Å². The van der Waals surface area contributed by atoms with Gasteiger partial charge in [0.25, 0.3) is 0 Å². The average molecular weight is 366 g/mol. The van der Waals surface area contributed by atoms with Crippen LogP contribution in [0, 0.1) is 0 Å². The average Bonchev–Trinajstić information content (AvgIpc) is 2.36. The molecule has 0 bridgehead atoms. The molecule has 0 heterocycles. The first-order valence-electron chi connectivity index (χ1n) is 5.55. The Balaban J connectivity index is 0. The molecule has 0 atom stereocenters. The van der Waals surface area contributed by atoms with E-state index >= 15 is 0 Å². The molecule has 0 aromatic carbocycles. The smallest absolute Gasteiger partial charge is 0.339 e. The molecule has 0 saturated carbocycles. The van der Waals surface area contributed by atoms with Gasteiger partial charge in [-0.05, 0) is 0 Å². The highest BCUT2D eigenvalue weighted by Gasteiger charge is 2.13. The molecule has 6 N–H and O–H groups in total. The van der Waals surface area contributed by atoms with Crippen LogP contribution in [0.1, 0.15) is 0 Å². The minimum atomic E-state index is -4.05. The first kappa shape index (κ1) is 23.4. The summed E-state index contributed by atoms with van der Waals surface area (Å²) in [6, 6.07) is 0. The molecule has 22 heavy (non-hydrogen) atoms. The van der Waals surface area contributed by atoms with Crippen molar-refractivity contribution in [3.8, 4) is 0 Å². The molecule has 0 spiro atoms. The maximum Gasteiger partial charge on any atom is 0.339 e. The SMILES string of the molecule is COC(=O)CNCP(=O)(O)O.COC(=O)CNCP(=O)(O)O. The maximum atomic E-state index is 10.4. The normalized spacial score (nSPS) is 11.2. The van der Waals surface area contributed by atoms with Gasteiger partial charge in [0.05, 0.1) is 39.9 Å². The van der Waals surface area contributed by atoms with Crippen molar-refractivity contribution >= 4 is 27.1 Å². The van der Waals surface area contributed by atoms with Gasteiger partial charge in [0.1, 0.15) is 0 Å². The fourth-order valence-corrected chi connectivity index (χ4v) is 1.56. The third-order valence-corrected chi connectivity index (χ3v) is 2.90. The van der Waals surface area contributed by atoms with E-state index in [1.54, 1.807) is 0 Å². The second-order valence-electron chi connectivity index (χ2n) is 3.65. The third-order valence-electron chi connectivity index (χ3n) is 1.63. The van der Waals surface area contributed by atoms with Crippen LogP contribution >= 0.6 is 15.2 Å². The summed E-state index contributed by atoms with van der Waals surface area (Å²) in [7, 11) is -5.71. The highest BCUT2D eigenvalue weighted by molar-refractivity contribution is 7.51. The van der Waals surface area contributed by atoms with Crippen molar-refractivity contribution in [2.45, 2.75) is 0 Å². The van der Waals surface area contributed by atoms with Gasteiger partial charge in [-0.15, -0.1) is 0 Å². The summed E-state index contributed by atoms with van der Waals surface area (Å²) in [5.74, 6) is -1.11. The fraction of sp³-hybridized carbons (Fsp3) is 0.750. The van der Waals surface area contributed by atoms with E-state index in [-0.39, 0.29) is 13.1 Å². The first-order valence-corrected chi connectivity index (χ1v) is 9.15. The standard InChI is InChI=1S/2C4H10NO5P/c2*1-10-4(6)2-5-3-11(7,8)9/h2*5H,2-3H2,1H3,(H2,7,8,9). The zero-order valence-corrected chi connectivity index (χ0v) is 13.8. The van der Waals surface area contributed by atoms with Crippen molar-refractivity contribution in [2.75, 3.05) is 39.9 Å². The molecule has 0 aromatic rings. The van der Waals surface area contributed by atoms with Gasteiger partial charge in [-0.25, -0.2) is 0 Å². The van der Waals surface area contributed by atoms with Crippen LogP contribution in [-0.2, 0) is 28.2 Å². The van der Waals surface area contributed by atoms with Gasteiger partial charge in [0.15, 0.2) is 0 Å². The molecule has 0 saturated heterocycles. The summed E-state index contributed by atoms with van der Waals surface area (Å²) in [6.45, 7) is -0.386. The molecule has 0 aliphatic rings. The van der Waals surface area contributed by atoms with Crippen molar-refractivity contribution in [3.05, 3.63) is 0 Å². The molecule has 0 amide bonds. The van der Waals surface area contributed by atoms with Crippen LogP contribution < -0.4 is 10.6 Å². The van der Waals surface area contributed by atoms with Crippen molar-refractivity contribution in [1.82, 2.24) is 10.6 Å². The van der Waals surface area contributed by atoms with E-state index in [0.717, 1.165) is 0 Å². The van der Waals surface area contributed by atoms with E-state index in [2.05, 4.69) is 20.1 Å². The highest BCUT2D eigenvalue weighted by atomic mass is 31.2. The van der Waals surface area contributed by atoms with Crippen LogP contribution in [0.15, 0.2) is 0 Å². The number of nitrogens with one attached hydrogen (secondary N) is 2. The Morgan fingerprint density at radius 1 is 0.818 bits per heavy atom. The molecule has 0 aromatic heterocycles. The zero-order valence-electron chi connectivity index (χ0n) is 12.0. The van der Waals surface area contributed by atoms with Gasteiger partial charge in [0, 0.05) is 0 Å². The first-order chi connectivity index (χ1) is 9.91. The van der Waals surface area contributed by atoms with Crippen LogP contribution in [0.25, 0.3) is 0 Å². The number of esters is 2. The van der Waals surface area contributed by atoms with Gasteiger partial charge in [-0.1, -0.05) is 0 Å². The van der Waals surface area contributed by atoms with E-state index in [1.807, 2.05) is 0 Å². The van der Waals surface area contributed by atoms with Crippen molar-refractivity contribution in [3.63, 3.8) is 0 Å². The summed E-state index contributed by atoms with van der Waals surface area (Å²) in [5.41, 5.74) is 0. The monoisotopic (exact) mass is 366 g/mol. The van der Waals surface area contributed by atoms with E-state index in [4.69, 9.17) is 19.6 Å². The molecule has 0 aliphatic heterocycles. The molecule has 132 valence electrons. The third kappa shape index (κ3) is 21.5. The van der Waals surface area contributed by atoms with Crippen LogP contribution in [0.2, 0.25) is 0 Å². The quantitative estimate of drug-likeness (QED) is 0.200. The van der Waals surface area contributed by atoms with Gasteiger partial charge < -0.3 is 29.0 Å². The number of carbonyl (C=O) groups is 2. The predicted octanol–water partition coefficient (Wildman–Crippen LogP) is -2.23. The Bertz CT molecular complexity index is 391. The minimum Gasteiger partial charge on any atom is -0.468 e. The van der Waals surface area contributed by atoms with Crippen molar-refractivity contribution in [2.24, 2.45) is 0 Å². The highest BCUT2D eigenvalue weighted by Crippen LogP contribution is 2.32. The van der Waals surface area contributed by atoms with E-state index in [0.29, 0.717) is 0 Å². The van der Waals surface area contributed by atoms with Gasteiger partial charge >= 0.3 is 27.1 Å². The summed E-state index contributed by atoms with van der Waals surface area (Å²) in [5, 5.41) is 4.48. The Morgan fingerprint density at radius 3 is 1.27 bits per heavy atom. The Kier molecular flexibility index (Phi) is 12.4. The Labute approximate surface area is 126 Å². The summed E-state index contributed by atoms with van der Waals surface area (Å²) in [4.78, 5) is 53.9. The second-order valence-corrected chi connectivity index (χ2v) is 6.94. The molecule has 0 unspecified atom stereocenters. The number of carbonyl (C=O) groups excluding carboxylic acids is 2. The number of methoxy groups -OCH3 is 2. The number of hydrogen-bond donors (Lipinski definition) is 6. The zero-order chi connectivity index (χ0) is 17.8. The molecular formula is C8H20N2O10P2. The fourth-order valence-electron chi connectivity index (χ4n) is 0.752. The molecule has 0 rings (SSSR count). The van der Waals surface area contributed by atoms with Crippen LogP contribution in [0.3, 0.4) is 0 Å². The minimum absolute atomic E-state index is 0.193. The summed E-state index contributed by atoms with van der Waals surface area (Å²) < 4.78 is 28.8. The topological polar surface area (TPSA) is 192 Å². The van der Waals surface area contributed by atoms with E-state index in [1.165, 1.54) is 14.2 Å². The summed E-state index contributed by atoms with van der Waals surface area (Å²) >= 11 is 0. The Morgan fingerprint density at radius 2 is 1.09 bits per heavy atom. The lowest BCUT2D eigenvalue weighted by atomic mass is 10.7. The Hall–Kier alpha value is -0.840. The number of ether oxygens (including phenoxy) is 2. The van der Waals surface area contributed by atoms with Gasteiger partial charge in [-0.2, -0.15) is 0 Å². The molecule has 0 fully saturated rings. The lowest BCUT2D eigenvalue weighted by molar-refractivity contribution is -0.140. The van der Waals surface area contributed by atoms with Crippen LogP contribution in [0.5, 0.6) is 0 Å². The molecule has 12 nitrogen and oxygen atoms in total. The van der Waals surface area contributed by atoms with Crippen LogP contribution in [-0.4, -0.2) is 71.4 Å².